The molecule has 0 fully saturated rings. The molecule has 98 valence electrons. The smallest absolute Gasteiger partial charge is 0.332 e. The van der Waals surface area contributed by atoms with Gasteiger partial charge in [0.15, 0.2) is 0 Å². The molecule has 5 heteroatoms. The van der Waals surface area contributed by atoms with Crippen molar-refractivity contribution in [3.8, 4) is 0 Å². The van der Waals surface area contributed by atoms with Crippen LogP contribution in [-0.4, -0.2) is 36.1 Å². The minimum atomic E-state index is -0.396. The van der Waals surface area contributed by atoms with E-state index < -0.39 is 5.97 Å². The van der Waals surface area contributed by atoms with Gasteiger partial charge in [-0.1, -0.05) is 0 Å². The molecular formula is C13H19N3O2. The first kappa shape index (κ1) is 14.2. The Balaban J connectivity index is 2.24. The largest absolute Gasteiger partial charge is 0.461 e. The summed E-state index contributed by atoms with van der Waals surface area (Å²) in [7, 11) is 1.97. The Labute approximate surface area is 107 Å². The average molecular weight is 249 g/mol. The SMILES string of the molecule is C/C(N)=C/C(=O)OCCN(C)Cc1ccncc1. The zero-order valence-electron chi connectivity index (χ0n) is 10.8. The predicted molar refractivity (Wildman–Crippen MR) is 69.5 cm³/mol. The zero-order chi connectivity index (χ0) is 13.4. The van der Waals surface area contributed by atoms with Crippen LogP contribution >= 0.6 is 0 Å². The molecule has 0 aromatic carbocycles. The van der Waals surface area contributed by atoms with Gasteiger partial charge in [0.1, 0.15) is 6.61 Å². The third-order valence-corrected chi connectivity index (χ3v) is 2.26. The Hall–Kier alpha value is -1.88. The molecule has 0 aliphatic heterocycles. The van der Waals surface area contributed by atoms with Gasteiger partial charge in [-0.05, 0) is 31.7 Å². The average Bonchev–Trinajstić information content (AvgIpc) is 2.29. The maximum Gasteiger partial charge on any atom is 0.332 e. The summed E-state index contributed by atoms with van der Waals surface area (Å²) >= 11 is 0. The number of allylic oxidation sites excluding steroid dienone is 1. The van der Waals surface area contributed by atoms with Crippen molar-refractivity contribution < 1.29 is 9.53 Å². The number of rotatable bonds is 6. The van der Waals surface area contributed by atoms with Crippen molar-refractivity contribution in [2.45, 2.75) is 13.5 Å². The van der Waals surface area contributed by atoms with Crippen LogP contribution in [-0.2, 0) is 16.1 Å². The van der Waals surface area contributed by atoms with Gasteiger partial charge in [0.25, 0.3) is 0 Å². The zero-order valence-corrected chi connectivity index (χ0v) is 10.8. The van der Waals surface area contributed by atoms with Crippen molar-refractivity contribution in [2.75, 3.05) is 20.2 Å². The van der Waals surface area contributed by atoms with E-state index in [2.05, 4.69) is 9.88 Å². The third kappa shape index (κ3) is 6.00. The minimum absolute atomic E-state index is 0.351. The van der Waals surface area contributed by atoms with Gasteiger partial charge in [0, 0.05) is 37.3 Å². The summed E-state index contributed by atoms with van der Waals surface area (Å²) in [5.41, 5.74) is 7.00. The van der Waals surface area contributed by atoms with Gasteiger partial charge in [-0.15, -0.1) is 0 Å². The van der Waals surface area contributed by atoms with Crippen LogP contribution in [0.3, 0.4) is 0 Å². The molecule has 0 atom stereocenters. The molecular weight excluding hydrogens is 230 g/mol. The molecule has 0 radical (unpaired) electrons. The number of likely N-dealkylation sites (N-methyl/N-ethyl adjacent to an activating group) is 1. The lowest BCUT2D eigenvalue weighted by atomic mass is 10.2. The Morgan fingerprint density at radius 2 is 2.17 bits per heavy atom. The van der Waals surface area contributed by atoms with Crippen LogP contribution in [0.25, 0.3) is 0 Å². The molecule has 0 bridgehead atoms. The molecule has 5 nitrogen and oxygen atoms in total. The van der Waals surface area contributed by atoms with Crippen LogP contribution in [0.4, 0.5) is 0 Å². The highest BCUT2D eigenvalue weighted by atomic mass is 16.5. The number of carbonyl (C=O) groups is 1. The van der Waals surface area contributed by atoms with Crippen LogP contribution < -0.4 is 5.73 Å². The van der Waals surface area contributed by atoms with Crippen molar-refractivity contribution in [1.29, 1.82) is 0 Å². The fourth-order valence-corrected chi connectivity index (χ4v) is 1.41. The first-order valence-corrected chi connectivity index (χ1v) is 5.76. The normalized spacial score (nSPS) is 11.6. The van der Waals surface area contributed by atoms with E-state index in [4.69, 9.17) is 10.5 Å². The van der Waals surface area contributed by atoms with Crippen molar-refractivity contribution in [3.05, 3.63) is 41.9 Å². The number of esters is 1. The Morgan fingerprint density at radius 3 is 2.78 bits per heavy atom. The number of nitrogens with two attached hydrogens (primary N) is 1. The van der Waals surface area contributed by atoms with Crippen molar-refractivity contribution in [3.63, 3.8) is 0 Å². The van der Waals surface area contributed by atoms with Crippen molar-refractivity contribution in [1.82, 2.24) is 9.88 Å². The first-order chi connectivity index (χ1) is 8.58. The molecule has 0 spiro atoms. The van der Waals surface area contributed by atoms with Gasteiger partial charge in [0.2, 0.25) is 0 Å². The second-order valence-corrected chi connectivity index (χ2v) is 4.15. The molecule has 0 unspecified atom stereocenters. The third-order valence-electron chi connectivity index (χ3n) is 2.26. The van der Waals surface area contributed by atoms with E-state index in [0.29, 0.717) is 18.8 Å². The summed E-state index contributed by atoms with van der Waals surface area (Å²) in [5.74, 6) is -0.396. The maximum atomic E-state index is 11.2. The van der Waals surface area contributed by atoms with E-state index in [1.165, 1.54) is 11.6 Å². The van der Waals surface area contributed by atoms with E-state index in [1.807, 2.05) is 19.2 Å². The first-order valence-electron chi connectivity index (χ1n) is 5.76. The van der Waals surface area contributed by atoms with E-state index in [9.17, 15) is 4.79 Å². The highest BCUT2D eigenvalue weighted by Crippen LogP contribution is 2.00. The van der Waals surface area contributed by atoms with E-state index >= 15 is 0 Å². The quantitative estimate of drug-likeness (QED) is 0.599. The molecule has 1 rings (SSSR count). The summed E-state index contributed by atoms with van der Waals surface area (Å²) < 4.78 is 5.01. The molecule has 2 N–H and O–H groups in total. The van der Waals surface area contributed by atoms with Crippen LogP contribution in [0, 0.1) is 0 Å². The topological polar surface area (TPSA) is 68.5 Å². The number of aromatic nitrogens is 1. The lowest BCUT2D eigenvalue weighted by molar-refractivity contribution is -0.138. The molecule has 0 amide bonds. The molecule has 1 heterocycles. The van der Waals surface area contributed by atoms with E-state index in [-0.39, 0.29) is 0 Å². The molecule has 0 aliphatic carbocycles. The van der Waals surface area contributed by atoms with Gasteiger partial charge < -0.3 is 10.5 Å². The van der Waals surface area contributed by atoms with Gasteiger partial charge >= 0.3 is 5.97 Å². The van der Waals surface area contributed by atoms with Crippen LogP contribution in [0.15, 0.2) is 36.3 Å². The Morgan fingerprint density at radius 1 is 1.50 bits per heavy atom. The van der Waals surface area contributed by atoms with Crippen LogP contribution in [0.5, 0.6) is 0 Å². The maximum absolute atomic E-state index is 11.2. The molecule has 0 aliphatic rings. The van der Waals surface area contributed by atoms with Crippen LogP contribution in [0.2, 0.25) is 0 Å². The van der Waals surface area contributed by atoms with Gasteiger partial charge in [-0.25, -0.2) is 4.79 Å². The number of hydrogen-bond donors (Lipinski definition) is 1. The van der Waals surface area contributed by atoms with E-state index in [1.54, 1.807) is 19.3 Å². The number of nitrogens with zero attached hydrogens (tertiary/aromatic N) is 2. The minimum Gasteiger partial charge on any atom is -0.461 e. The number of carbonyl (C=O) groups excluding carboxylic acids is 1. The second-order valence-electron chi connectivity index (χ2n) is 4.15. The summed E-state index contributed by atoms with van der Waals surface area (Å²) in [5, 5.41) is 0. The van der Waals surface area contributed by atoms with Gasteiger partial charge in [-0.3, -0.25) is 9.88 Å². The van der Waals surface area contributed by atoms with E-state index in [0.717, 1.165) is 6.54 Å². The highest BCUT2D eigenvalue weighted by Gasteiger charge is 2.02. The fraction of sp³-hybridized carbons (Fsp3) is 0.385. The van der Waals surface area contributed by atoms with Crippen molar-refractivity contribution in [2.24, 2.45) is 5.73 Å². The molecule has 1 aromatic rings. The monoisotopic (exact) mass is 249 g/mol. The highest BCUT2D eigenvalue weighted by molar-refractivity contribution is 5.82. The van der Waals surface area contributed by atoms with Gasteiger partial charge in [-0.2, -0.15) is 0 Å². The molecule has 0 saturated carbocycles. The summed E-state index contributed by atoms with van der Waals surface area (Å²) in [6.45, 7) is 3.47. The Bertz CT molecular complexity index is 400. The molecule has 1 aromatic heterocycles. The fourth-order valence-electron chi connectivity index (χ4n) is 1.41. The van der Waals surface area contributed by atoms with Crippen LogP contribution in [0.1, 0.15) is 12.5 Å². The predicted octanol–water partition coefficient (Wildman–Crippen LogP) is 0.919. The molecule has 0 saturated heterocycles. The van der Waals surface area contributed by atoms with Gasteiger partial charge in [0.05, 0.1) is 0 Å². The number of ether oxygens (including phenoxy) is 1. The summed E-state index contributed by atoms with van der Waals surface area (Å²) in [6, 6.07) is 3.92. The Kier molecular flexibility index (Phi) is 5.87. The number of pyridine rings is 1. The summed E-state index contributed by atoms with van der Waals surface area (Å²) in [6.07, 6.45) is 4.80. The van der Waals surface area contributed by atoms with Crippen molar-refractivity contribution >= 4 is 5.97 Å². The summed E-state index contributed by atoms with van der Waals surface area (Å²) in [4.78, 5) is 17.2. The standard InChI is InChI=1S/C13H19N3O2/c1-11(14)9-13(17)18-8-7-16(2)10-12-3-5-15-6-4-12/h3-6,9H,7-8,10,14H2,1-2H3/b11-9-. The lowest BCUT2D eigenvalue weighted by Crippen LogP contribution is -2.23. The molecule has 18 heavy (non-hydrogen) atoms. The number of hydrogen-bond acceptors (Lipinski definition) is 5. The lowest BCUT2D eigenvalue weighted by Gasteiger charge is -2.16. The second kappa shape index (κ2) is 7.45.